The first kappa shape index (κ1) is 17.5. The molecule has 0 radical (unpaired) electrons. The average molecular weight is 316 g/mol. The van der Waals surface area contributed by atoms with Gasteiger partial charge in [-0.15, -0.1) is 0 Å². The number of hydrogen-bond acceptors (Lipinski definition) is 2. The van der Waals surface area contributed by atoms with E-state index in [1.165, 1.54) is 5.56 Å². The van der Waals surface area contributed by atoms with Crippen LogP contribution in [0.25, 0.3) is 0 Å². The summed E-state index contributed by atoms with van der Waals surface area (Å²) in [7, 11) is 0. The van der Waals surface area contributed by atoms with Gasteiger partial charge in [-0.1, -0.05) is 26.0 Å². The topological polar surface area (TPSA) is 49.4 Å². The molecule has 23 heavy (non-hydrogen) atoms. The van der Waals surface area contributed by atoms with Crippen molar-refractivity contribution in [2.45, 2.75) is 46.0 Å². The zero-order valence-corrected chi connectivity index (χ0v) is 14.3. The molecular weight excluding hydrogens is 288 g/mol. The van der Waals surface area contributed by atoms with Crippen molar-refractivity contribution in [3.8, 4) is 0 Å². The maximum absolute atomic E-state index is 12.6. The molecule has 1 aromatic carbocycles. The van der Waals surface area contributed by atoms with Gasteiger partial charge in [0.25, 0.3) is 5.91 Å². The number of likely N-dealkylation sites (tertiary alicyclic amines) is 1. The molecule has 1 saturated heterocycles. The van der Waals surface area contributed by atoms with Crippen LogP contribution < -0.4 is 5.32 Å². The fraction of sp³-hybridized carbons (Fsp3) is 0.579. The monoisotopic (exact) mass is 316 g/mol. The lowest BCUT2D eigenvalue weighted by Crippen LogP contribution is -2.43. The largest absolute Gasteiger partial charge is 0.356 e. The summed E-state index contributed by atoms with van der Waals surface area (Å²) in [5.74, 6) is 0.590. The highest BCUT2D eigenvalue weighted by Crippen LogP contribution is 2.18. The molecule has 1 heterocycles. The molecule has 1 aliphatic rings. The Morgan fingerprint density at radius 2 is 1.96 bits per heavy atom. The van der Waals surface area contributed by atoms with E-state index < -0.39 is 0 Å². The fourth-order valence-corrected chi connectivity index (χ4v) is 3.06. The summed E-state index contributed by atoms with van der Waals surface area (Å²) < 4.78 is 0. The van der Waals surface area contributed by atoms with Gasteiger partial charge >= 0.3 is 0 Å². The summed E-state index contributed by atoms with van der Waals surface area (Å²) in [4.78, 5) is 26.1. The highest BCUT2D eigenvalue weighted by atomic mass is 16.2. The van der Waals surface area contributed by atoms with E-state index in [9.17, 15) is 9.59 Å². The number of benzene rings is 1. The molecule has 0 unspecified atom stereocenters. The van der Waals surface area contributed by atoms with Gasteiger partial charge < -0.3 is 10.2 Å². The van der Waals surface area contributed by atoms with E-state index >= 15 is 0 Å². The quantitative estimate of drug-likeness (QED) is 0.877. The molecule has 2 rings (SSSR count). The third kappa shape index (κ3) is 5.08. The van der Waals surface area contributed by atoms with E-state index in [4.69, 9.17) is 0 Å². The maximum atomic E-state index is 12.6. The number of carbonyl (C=O) groups excluding carboxylic acids is 2. The zero-order chi connectivity index (χ0) is 16.7. The van der Waals surface area contributed by atoms with Crippen molar-refractivity contribution in [1.29, 1.82) is 0 Å². The summed E-state index contributed by atoms with van der Waals surface area (Å²) in [6.07, 6.45) is 4.52. The van der Waals surface area contributed by atoms with Gasteiger partial charge in [-0.2, -0.15) is 0 Å². The molecule has 4 heteroatoms. The minimum absolute atomic E-state index is 0.109. The van der Waals surface area contributed by atoms with Crippen LogP contribution in [-0.4, -0.2) is 36.3 Å². The lowest BCUT2D eigenvalue weighted by Gasteiger charge is -2.33. The molecule has 4 nitrogen and oxygen atoms in total. The van der Waals surface area contributed by atoms with E-state index in [1.807, 2.05) is 36.1 Å². The Balaban J connectivity index is 1.89. The van der Waals surface area contributed by atoms with E-state index in [1.54, 1.807) is 0 Å². The first-order valence-electron chi connectivity index (χ1n) is 8.79. The SMILES string of the molecule is CCCC(=O)NC[C@H]1CCCN(C(=O)c2ccc(CC)cc2)C1. The Morgan fingerprint density at radius 1 is 1.22 bits per heavy atom. The molecule has 126 valence electrons. The predicted molar refractivity (Wildman–Crippen MR) is 92.4 cm³/mol. The minimum atomic E-state index is 0.109. The second-order valence-electron chi connectivity index (χ2n) is 6.36. The van der Waals surface area contributed by atoms with Gasteiger partial charge in [0.15, 0.2) is 0 Å². The van der Waals surface area contributed by atoms with Crippen molar-refractivity contribution in [2.24, 2.45) is 5.92 Å². The van der Waals surface area contributed by atoms with Gasteiger partial charge in [0.05, 0.1) is 0 Å². The van der Waals surface area contributed by atoms with E-state index in [2.05, 4.69) is 12.2 Å². The zero-order valence-electron chi connectivity index (χ0n) is 14.3. The summed E-state index contributed by atoms with van der Waals surface area (Å²) in [6, 6.07) is 7.90. The standard InChI is InChI=1S/C19H28N2O2/c1-3-6-18(22)20-13-16-7-5-12-21(14-16)19(23)17-10-8-15(4-2)9-11-17/h8-11,16H,3-7,12-14H2,1-2H3,(H,20,22)/t16-/m1/s1. The number of rotatable bonds is 6. The molecular formula is C19H28N2O2. The van der Waals surface area contributed by atoms with Crippen LogP contribution in [0, 0.1) is 5.92 Å². The Kier molecular flexibility index (Phi) is 6.63. The van der Waals surface area contributed by atoms with Gasteiger partial charge in [-0.05, 0) is 49.3 Å². The highest BCUT2D eigenvalue weighted by Gasteiger charge is 2.24. The number of carbonyl (C=O) groups is 2. The molecule has 2 amide bonds. The first-order valence-corrected chi connectivity index (χ1v) is 8.79. The number of aryl methyl sites for hydroxylation is 1. The lowest BCUT2D eigenvalue weighted by molar-refractivity contribution is -0.121. The van der Waals surface area contributed by atoms with Crippen LogP contribution in [0.5, 0.6) is 0 Å². The normalized spacial score (nSPS) is 17.8. The van der Waals surface area contributed by atoms with E-state index in [0.29, 0.717) is 18.9 Å². The van der Waals surface area contributed by atoms with Gasteiger partial charge in [-0.25, -0.2) is 0 Å². The van der Waals surface area contributed by atoms with Gasteiger partial charge in [0.1, 0.15) is 0 Å². The van der Waals surface area contributed by atoms with Crippen LogP contribution in [0.4, 0.5) is 0 Å². The molecule has 0 aliphatic carbocycles. The molecule has 1 atom stereocenters. The number of nitrogens with one attached hydrogen (secondary N) is 1. The minimum Gasteiger partial charge on any atom is -0.356 e. The third-order valence-electron chi connectivity index (χ3n) is 4.48. The third-order valence-corrected chi connectivity index (χ3v) is 4.48. The Bertz CT molecular complexity index is 525. The summed E-state index contributed by atoms with van der Waals surface area (Å²) in [5.41, 5.74) is 2.01. The van der Waals surface area contributed by atoms with Crippen molar-refractivity contribution in [2.75, 3.05) is 19.6 Å². The molecule has 0 aromatic heterocycles. The highest BCUT2D eigenvalue weighted by molar-refractivity contribution is 5.94. The number of hydrogen-bond donors (Lipinski definition) is 1. The predicted octanol–water partition coefficient (Wildman–Crippen LogP) is 3.02. The van der Waals surface area contributed by atoms with Crippen molar-refractivity contribution >= 4 is 11.8 Å². The average Bonchev–Trinajstić information content (AvgIpc) is 2.60. The van der Waals surface area contributed by atoms with Crippen LogP contribution in [0.15, 0.2) is 24.3 Å². The lowest BCUT2D eigenvalue weighted by atomic mass is 9.97. The van der Waals surface area contributed by atoms with Gasteiger partial charge in [-0.3, -0.25) is 9.59 Å². The van der Waals surface area contributed by atoms with Gasteiger partial charge in [0, 0.05) is 31.6 Å². The Labute approximate surface area is 139 Å². The van der Waals surface area contributed by atoms with Crippen LogP contribution in [0.1, 0.15) is 55.5 Å². The summed E-state index contributed by atoms with van der Waals surface area (Å²) in [6.45, 7) is 6.34. The van der Waals surface area contributed by atoms with E-state index in [0.717, 1.165) is 44.3 Å². The van der Waals surface area contributed by atoms with Crippen molar-refractivity contribution in [3.63, 3.8) is 0 Å². The molecule has 0 spiro atoms. The Hall–Kier alpha value is -1.84. The number of piperidine rings is 1. The summed E-state index contributed by atoms with van der Waals surface area (Å²) >= 11 is 0. The second kappa shape index (κ2) is 8.70. The second-order valence-corrected chi connectivity index (χ2v) is 6.36. The number of amides is 2. The van der Waals surface area contributed by atoms with Crippen LogP contribution in [0.3, 0.4) is 0 Å². The fourth-order valence-electron chi connectivity index (χ4n) is 3.06. The van der Waals surface area contributed by atoms with Crippen molar-refractivity contribution in [1.82, 2.24) is 10.2 Å². The van der Waals surface area contributed by atoms with Crippen LogP contribution in [0.2, 0.25) is 0 Å². The summed E-state index contributed by atoms with van der Waals surface area (Å²) in [5, 5.41) is 2.99. The molecule has 1 aromatic rings. The van der Waals surface area contributed by atoms with E-state index in [-0.39, 0.29) is 11.8 Å². The molecule has 1 aliphatic heterocycles. The number of nitrogens with zero attached hydrogens (tertiary/aromatic N) is 1. The molecule has 1 fully saturated rings. The smallest absolute Gasteiger partial charge is 0.253 e. The van der Waals surface area contributed by atoms with Crippen LogP contribution >= 0.6 is 0 Å². The van der Waals surface area contributed by atoms with Gasteiger partial charge in [0.2, 0.25) is 5.91 Å². The van der Waals surface area contributed by atoms with Crippen LogP contribution in [-0.2, 0) is 11.2 Å². The maximum Gasteiger partial charge on any atom is 0.253 e. The van der Waals surface area contributed by atoms with Crippen molar-refractivity contribution < 1.29 is 9.59 Å². The first-order chi connectivity index (χ1) is 11.1. The Morgan fingerprint density at radius 3 is 2.61 bits per heavy atom. The molecule has 0 bridgehead atoms. The molecule has 1 N–H and O–H groups in total. The van der Waals surface area contributed by atoms with Crippen molar-refractivity contribution in [3.05, 3.63) is 35.4 Å². The molecule has 0 saturated carbocycles.